The van der Waals surface area contributed by atoms with E-state index in [9.17, 15) is 0 Å². The minimum atomic E-state index is 0.565. The molecule has 1 heterocycles. The average Bonchev–Trinajstić information content (AvgIpc) is 2.53. The first-order chi connectivity index (χ1) is 10.2. The van der Waals surface area contributed by atoms with E-state index in [0.29, 0.717) is 6.04 Å². The van der Waals surface area contributed by atoms with Crippen molar-refractivity contribution in [2.75, 3.05) is 24.4 Å². The molecule has 110 valence electrons. The summed E-state index contributed by atoms with van der Waals surface area (Å²) in [5, 5.41) is 3.55. The van der Waals surface area contributed by atoms with E-state index in [0.717, 1.165) is 17.9 Å². The van der Waals surface area contributed by atoms with E-state index in [1.807, 2.05) is 18.2 Å². The fourth-order valence-electron chi connectivity index (χ4n) is 2.89. The van der Waals surface area contributed by atoms with E-state index in [-0.39, 0.29) is 0 Å². The van der Waals surface area contributed by atoms with E-state index in [4.69, 9.17) is 4.74 Å². The SMILES string of the molecule is COc1ccccc1N(C)c1ccc2c(c1)CCC(C)N2. The molecule has 2 aromatic carbocycles. The molecule has 0 saturated heterocycles. The van der Waals surface area contributed by atoms with Crippen LogP contribution in [0.3, 0.4) is 0 Å². The van der Waals surface area contributed by atoms with Gasteiger partial charge in [-0.25, -0.2) is 0 Å². The molecule has 3 rings (SSSR count). The number of fused-ring (bicyclic) bond motifs is 1. The Morgan fingerprint density at radius 1 is 1.19 bits per heavy atom. The molecule has 0 bridgehead atoms. The number of methoxy groups -OCH3 is 1. The molecule has 0 radical (unpaired) electrons. The minimum absolute atomic E-state index is 0.565. The lowest BCUT2D eigenvalue weighted by Gasteiger charge is -2.27. The highest BCUT2D eigenvalue weighted by Gasteiger charge is 2.16. The summed E-state index contributed by atoms with van der Waals surface area (Å²) in [4.78, 5) is 2.18. The smallest absolute Gasteiger partial charge is 0.142 e. The van der Waals surface area contributed by atoms with Crippen LogP contribution < -0.4 is 15.0 Å². The molecule has 21 heavy (non-hydrogen) atoms. The molecule has 3 heteroatoms. The van der Waals surface area contributed by atoms with Crippen LogP contribution in [0, 0.1) is 0 Å². The number of nitrogens with zero attached hydrogens (tertiary/aromatic N) is 1. The Labute approximate surface area is 126 Å². The number of anilines is 3. The summed E-state index contributed by atoms with van der Waals surface area (Å²) in [6.07, 6.45) is 2.33. The molecular weight excluding hydrogens is 260 g/mol. The predicted molar refractivity (Wildman–Crippen MR) is 88.9 cm³/mol. The van der Waals surface area contributed by atoms with Gasteiger partial charge in [-0.1, -0.05) is 12.1 Å². The van der Waals surface area contributed by atoms with Gasteiger partial charge in [-0.3, -0.25) is 0 Å². The van der Waals surface area contributed by atoms with Gasteiger partial charge < -0.3 is 15.0 Å². The summed E-state index contributed by atoms with van der Waals surface area (Å²) in [6, 6.07) is 15.3. The summed E-state index contributed by atoms with van der Waals surface area (Å²) >= 11 is 0. The van der Waals surface area contributed by atoms with Gasteiger partial charge in [0.05, 0.1) is 12.8 Å². The van der Waals surface area contributed by atoms with Crippen LogP contribution in [-0.2, 0) is 6.42 Å². The van der Waals surface area contributed by atoms with Crippen LogP contribution in [0.2, 0.25) is 0 Å². The molecule has 1 atom stereocenters. The van der Waals surface area contributed by atoms with E-state index >= 15 is 0 Å². The molecule has 0 aliphatic carbocycles. The van der Waals surface area contributed by atoms with E-state index in [1.165, 1.54) is 23.4 Å². The highest BCUT2D eigenvalue weighted by molar-refractivity contribution is 5.71. The fourth-order valence-corrected chi connectivity index (χ4v) is 2.89. The van der Waals surface area contributed by atoms with Crippen LogP contribution >= 0.6 is 0 Å². The largest absolute Gasteiger partial charge is 0.495 e. The number of rotatable bonds is 3. The summed E-state index contributed by atoms with van der Waals surface area (Å²) in [5.41, 5.74) is 4.94. The summed E-state index contributed by atoms with van der Waals surface area (Å²) < 4.78 is 5.46. The van der Waals surface area contributed by atoms with Crippen molar-refractivity contribution in [3.8, 4) is 5.75 Å². The summed E-state index contributed by atoms with van der Waals surface area (Å²) in [6.45, 7) is 2.23. The fraction of sp³-hybridized carbons (Fsp3) is 0.333. The van der Waals surface area contributed by atoms with Crippen molar-refractivity contribution in [2.45, 2.75) is 25.8 Å². The first kappa shape index (κ1) is 13.8. The van der Waals surface area contributed by atoms with Crippen LogP contribution in [0.4, 0.5) is 17.1 Å². The van der Waals surface area contributed by atoms with Gasteiger partial charge in [-0.2, -0.15) is 0 Å². The van der Waals surface area contributed by atoms with Gasteiger partial charge in [0.1, 0.15) is 5.75 Å². The molecule has 1 N–H and O–H groups in total. The normalized spacial score (nSPS) is 16.8. The Bertz CT molecular complexity index is 639. The minimum Gasteiger partial charge on any atom is -0.495 e. The zero-order chi connectivity index (χ0) is 14.8. The number of aryl methyl sites for hydroxylation is 1. The zero-order valence-electron chi connectivity index (χ0n) is 12.9. The van der Waals surface area contributed by atoms with E-state index < -0.39 is 0 Å². The highest BCUT2D eigenvalue weighted by Crippen LogP contribution is 2.35. The lowest BCUT2D eigenvalue weighted by atomic mass is 9.98. The first-order valence-electron chi connectivity index (χ1n) is 7.45. The number of nitrogens with one attached hydrogen (secondary N) is 1. The van der Waals surface area contributed by atoms with Gasteiger partial charge in [0, 0.05) is 24.5 Å². The van der Waals surface area contributed by atoms with E-state index in [2.05, 4.69) is 48.5 Å². The van der Waals surface area contributed by atoms with Crippen molar-refractivity contribution in [3.63, 3.8) is 0 Å². The van der Waals surface area contributed by atoms with Crippen molar-refractivity contribution < 1.29 is 4.74 Å². The van der Waals surface area contributed by atoms with Gasteiger partial charge in [0.2, 0.25) is 0 Å². The topological polar surface area (TPSA) is 24.5 Å². The Kier molecular flexibility index (Phi) is 3.74. The molecule has 0 fully saturated rings. The van der Waals surface area contributed by atoms with Gasteiger partial charge in [0.25, 0.3) is 0 Å². The Hall–Kier alpha value is -2.16. The third-order valence-corrected chi connectivity index (χ3v) is 4.17. The summed E-state index contributed by atoms with van der Waals surface area (Å²) in [5.74, 6) is 0.893. The van der Waals surface area contributed by atoms with Crippen molar-refractivity contribution >= 4 is 17.1 Å². The Balaban J connectivity index is 1.93. The highest BCUT2D eigenvalue weighted by atomic mass is 16.5. The predicted octanol–water partition coefficient (Wildman–Crippen LogP) is 4.21. The molecule has 1 aliphatic rings. The van der Waals surface area contributed by atoms with Crippen molar-refractivity contribution in [3.05, 3.63) is 48.0 Å². The van der Waals surface area contributed by atoms with Gasteiger partial charge >= 0.3 is 0 Å². The number of para-hydroxylation sites is 2. The van der Waals surface area contributed by atoms with Crippen LogP contribution in [0.25, 0.3) is 0 Å². The zero-order valence-corrected chi connectivity index (χ0v) is 12.9. The molecule has 0 saturated carbocycles. The van der Waals surface area contributed by atoms with Gasteiger partial charge in [0.15, 0.2) is 0 Å². The second-order valence-corrected chi connectivity index (χ2v) is 5.66. The Morgan fingerprint density at radius 3 is 2.81 bits per heavy atom. The van der Waals surface area contributed by atoms with Crippen LogP contribution in [0.1, 0.15) is 18.9 Å². The standard InChI is InChI=1S/C18H22N2O/c1-13-8-9-14-12-15(10-11-16(14)19-13)20(2)17-6-4-5-7-18(17)21-3/h4-7,10-13,19H,8-9H2,1-3H3. The average molecular weight is 282 g/mol. The van der Waals surface area contributed by atoms with Crippen LogP contribution in [-0.4, -0.2) is 20.2 Å². The van der Waals surface area contributed by atoms with Gasteiger partial charge in [-0.15, -0.1) is 0 Å². The van der Waals surface area contributed by atoms with Crippen LogP contribution in [0.15, 0.2) is 42.5 Å². The molecule has 0 amide bonds. The Morgan fingerprint density at radius 2 is 2.00 bits per heavy atom. The lowest BCUT2D eigenvalue weighted by molar-refractivity contribution is 0.415. The maximum absolute atomic E-state index is 5.46. The van der Waals surface area contributed by atoms with Crippen molar-refractivity contribution in [2.24, 2.45) is 0 Å². The number of hydrogen-bond donors (Lipinski definition) is 1. The second-order valence-electron chi connectivity index (χ2n) is 5.66. The number of ether oxygens (including phenoxy) is 1. The maximum Gasteiger partial charge on any atom is 0.142 e. The number of hydrogen-bond acceptors (Lipinski definition) is 3. The molecular formula is C18H22N2O. The molecule has 1 unspecified atom stereocenters. The molecule has 0 spiro atoms. The molecule has 2 aromatic rings. The maximum atomic E-state index is 5.46. The van der Waals surface area contributed by atoms with Crippen LogP contribution in [0.5, 0.6) is 5.75 Å². The van der Waals surface area contributed by atoms with Crippen molar-refractivity contribution in [1.82, 2.24) is 0 Å². The first-order valence-corrected chi connectivity index (χ1v) is 7.45. The third-order valence-electron chi connectivity index (χ3n) is 4.17. The monoisotopic (exact) mass is 282 g/mol. The van der Waals surface area contributed by atoms with Gasteiger partial charge in [-0.05, 0) is 55.7 Å². The third kappa shape index (κ3) is 2.68. The molecule has 0 aromatic heterocycles. The quantitative estimate of drug-likeness (QED) is 0.912. The lowest BCUT2D eigenvalue weighted by Crippen LogP contribution is -2.22. The van der Waals surface area contributed by atoms with E-state index in [1.54, 1.807) is 7.11 Å². The number of benzene rings is 2. The molecule has 3 nitrogen and oxygen atoms in total. The molecule has 1 aliphatic heterocycles. The van der Waals surface area contributed by atoms with Crippen molar-refractivity contribution in [1.29, 1.82) is 0 Å². The summed E-state index contributed by atoms with van der Waals surface area (Å²) in [7, 11) is 3.79. The second kappa shape index (κ2) is 5.68.